The van der Waals surface area contributed by atoms with Crippen molar-refractivity contribution in [3.63, 3.8) is 0 Å². The molecule has 0 atom stereocenters. The summed E-state index contributed by atoms with van der Waals surface area (Å²) in [5.41, 5.74) is 1.84. The Labute approximate surface area is 166 Å². The Morgan fingerprint density at radius 2 is 1.82 bits per heavy atom. The van der Waals surface area contributed by atoms with E-state index in [9.17, 15) is 0 Å². The number of halogens is 1. The highest BCUT2D eigenvalue weighted by Gasteiger charge is 2.13. The van der Waals surface area contributed by atoms with Crippen molar-refractivity contribution >= 4 is 33.4 Å². The zero-order chi connectivity index (χ0) is 18.9. The third-order valence-electron chi connectivity index (χ3n) is 4.77. The summed E-state index contributed by atoms with van der Waals surface area (Å²) in [5.74, 6) is 2.49. The summed E-state index contributed by atoms with van der Waals surface area (Å²) < 4.78 is 13.7. The average Bonchev–Trinajstić information content (AvgIpc) is 3.35. The number of benzene rings is 3. The van der Waals surface area contributed by atoms with E-state index in [2.05, 4.69) is 22.8 Å². The van der Waals surface area contributed by atoms with Crippen LogP contribution in [0.15, 0.2) is 83.5 Å². The molecule has 3 aromatic carbocycles. The molecule has 0 amide bonds. The zero-order valence-electron chi connectivity index (χ0n) is 15.0. The van der Waals surface area contributed by atoms with Crippen molar-refractivity contribution in [2.24, 2.45) is 0 Å². The van der Waals surface area contributed by atoms with Crippen LogP contribution in [0, 0.1) is 0 Å². The van der Waals surface area contributed by atoms with E-state index in [1.165, 1.54) is 5.39 Å². The summed E-state index contributed by atoms with van der Waals surface area (Å²) in [5, 5.41) is 3.01. The molecule has 138 valence electrons. The van der Waals surface area contributed by atoms with Gasteiger partial charge < -0.3 is 13.7 Å². The van der Waals surface area contributed by atoms with E-state index in [-0.39, 0.29) is 0 Å². The van der Waals surface area contributed by atoms with Gasteiger partial charge in [0.2, 0.25) is 0 Å². The van der Waals surface area contributed by atoms with Crippen LogP contribution >= 0.6 is 11.6 Å². The van der Waals surface area contributed by atoms with Crippen LogP contribution in [0.4, 0.5) is 0 Å². The maximum Gasteiger partial charge on any atom is 0.148 e. The standard InChI is InChI=1S/C23H17ClN2O2/c24-18-8-10-21-22(13-18)26(14-20-6-3-11-27-20)23(25-21)15-28-19-9-7-16-4-1-2-5-17(16)12-19/h1-13H,14-15H2. The highest BCUT2D eigenvalue weighted by molar-refractivity contribution is 6.31. The van der Waals surface area contributed by atoms with E-state index < -0.39 is 0 Å². The van der Waals surface area contributed by atoms with Gasteiger partial charge >= 0.3 is 0 Å². The van der Waals surface area contributed by atoms with Gasteiger partial charge in [0.05, 0.1) is 23.8 Å². The molecule has 0 aliphatic rings. The maximum absolute atomic E-state index is 6.21. The monoisotopic (exact) mass is 388 g/mol. The predicted octanol–water partition coefficient (Wildman–Crippen LogP) is 6.06. The van der Waals surface area contributed by atoms with Gasteiger partial charge in [-0.25, -0.2) is 4.98 Å². The maximum atomic E-state index is 6.21. The molecule has 0 bridgehead atoms. The number of rotatable bonds is 5. The Bertz CT molecular complexity index is 1260. The second-order valence-electron chi connectivity index (χ2n) is 6.62. The van der Waals surface area contributed by atoms with Gasteiger partial charge in [0.15, 0.2) is 0 Å². The molecule has 0 N–H and O–H groups in total. The minimum Gasteiger partial charge on any atom is -0.486 e. The van der Waals surface area contributed by atoms with Gasteiger partial charge in [-0.3, -0.25) is 0 Å². The first-order valence-electron chi connectivity index (χ1n) is 9.05. The van der Waals surface area contributed by atoms with Gasteiger partial charge in [-0.05, 0) is 53.2 Å². The normalized spacial score (nSPS) is 11.3. The fraction of sp³-hybridized carbons (Fsp3) is 0.0870. The summed E-state index contributed by atoms with van der Waals surface area (Å²) >= 11 is 6.21. The number of imidazole rings is 1. The first-order valence-corrected chi connectivity index (χ1v) is 9.43. The molecule has 2 aromatic heterocycles. The molecule has 0 radical (unpaired) electrons. The number of furan rings is 1. The fourth-order valence-electron chi connectivity index (χ4n) is 3.40. The van der Waals surface area contributed by atoms with E-state index in [4.69, 9.17) is 25.7 Å². The molecule has 28 heavy (non-hydrogen) atoms. The van der Waals surface area contributed by atoms with Crippen LogP contribution < -0.4 is 4.74 Å². The number of nitrogens with zero attached hydrogens (tertiary/aromatic N) is 2. The lowest BCUT2D eigenvalue weighted by molar-refractivity contribution is 0.290. The van der Waals surface area contributed by atoms with Crippen molar-refractivity contribution in [3.8, 4) is 5.75 Å². The molecular weight excluding hydrogens is 372 g/mol. The van der Waals surface area contributed by atoms with Gasteiger partial charge in [0.25, 0.3) is 0 Å². The highest BCUT2D eigenvalue weighted by Crippen LogP contribution is 2.25. The summed E-state index contributed by atoms with van der Waals surface area (Å²) in [6, 6.07) is 23.9. The van der Waals surface area contributed by atoms with Crippen molar-refractivity contribution in [1.29, 1.82) is 0 Å². The molecule has 4 nitrogen and oxygen atoms in total. The van der Waals surface area contributed by atoms with Crippen molar-refractivity contribution in [2.75, 3.05) is 0 Å². The van der Waals surface area contributed by atoms with Gasteiger partial charge in [-0.15, -0.1) is 0 Å². The molecule has 2 heterocycles. The van der Waals surface area contributed by atoms with Crippen LogP contribution in [0.5, 0.6) is 5.75 Å². The molecule has 0 saturated heterocycles. The molecule has 5 heteroatoms. The number of hydrogen-bond donors (Lipinski definition) is 0. The largest absolute Gasteiger partial charge is 0.486 e. The molecule has 0 aliphatic carbocycles. The van der Waals surface area contributed by atoms with Crippen molar-refractivity contribution in [3.05, 3.63) is 95.7 Å². The molecule has 0 unspecified atom stereocenters. The molecule has 5 aromatic rings. The molecule has 5 rings (SSSR count). The number of hydrogen-bond acceptors (Lipinski definition) is 3. The Kier molecular flexibility index (Phi) is 4.26. The molecule has 0 spiro atoms. The van der Waals surface area contributed by atoms with Gasteiger partial charge in [0.1, 0.15) is 23.9 Å². The van der Waals surface area contributed by atoms with E-state index in [0.717, 1.165) is 33.8 Å². The Morgan fingerprint density at radius 3 is 2.68 bits per heavy atom. The van der Waals surface area contributed by atoms with Gasteiger partial charge in [-0.2, -0.15) is 0 Å². The zero-order valence-corrected chi connectivity index (χ0v) is 15.8. The second-order valence-corrected chi connectivity index (χ2v) is 7.06. The van der Waals surface area contributed by atoms with Crippen LogP contribution in [-0.4, -0.2) is 9.55 Å². The summed E-state index contributed by atoms with van der Waals surface area (Å²) in [7, 11) is 0. The lowest BCUT2D eigenvalue weighted by Gasteiger charge is -2.10. The van der Waals surface area contributed by atoms with E-state index in [1.54, 1.807) is 6.26 Å². The first-order chi connectivity index (χ1) is 13.8. The highest BCUT2D eigenvalue weighted by atomic mass is 35.5. The minimum atomic E-state index is 0.353. The van der Waals surface area contributed by atoms with Crippen LogP contribution in [0.2, 0.25) is 5.02 Å². The topological polar surface area (TPSA) is 40.2 Å². The SMILES string of the molecule is Clc1ccc2nc(COc3ccc4ccccc4c3)n(Cc3ccco3)c2c1. The van der Waals surface area contributed by atoms with Crippen molar-refractivity contribution in [1.82, 2.24) is 9.55 Å². The van der Waals surface area contributed by atoms with Crippen LogP contribution in [-0.2, 0) is 13.2 Å². The van der Waals surface area contributed by atoms with E-state index in [0.29, 0.717) is 18.2 Å². The lowest BCUT2D eigenvalue weighted by Crippen LogP contribution is -2.08. The summed E-state index contributed by atoms with van der Waals surface area (Å²) in [6.45, 7) is 0.922. The number of ether oxygens (including phenoxy) is 1. The van der Waals surface area contributed by atoms with Gasteiger partial charge in [-0.1, -0.05) is 41.9 Å². The van der Waals surface area contributed by atoms with Crippen LogP contribution in [0.1, 0.15) is 11.6 Å². The Balaban J connectivity index is 1.48. The van der Waals surface area contributed by atoms with E-state index >= 15 is 0 Å². The van der Waals surface area contributed by atoms with Crippen molar-refractivity contribution in [2.45, 2.75) is 13.2 Å². The first kappa shape index (κ1) is 16.9. The Hall–Kier alpha value is -3.24. The third kappa shape index (κ3) is 3.23. The van der Waals surface area contributed by atoms with E-state index in [1.807, 2.05) is 54.6 Å². The predicted molar refractivity (Wildman–Crippen MR) is 111 cm³/mol. The smallest absolute Gasteiger partial charge is 0.148 e. The minimum absolute atomic E-state index is 0.353. The molecular formula is C23H17ClN2O2. The van der Waals surface area contributed by atoms with Gasteiger partial charge in [0, 0.05) is 5.02 Å². The Morgan fingerprint density at radius 1 is 0.929 bits per heavy atom. The number of fused-ring (bicyclic) bond motifs is 2. The summed E-state index contributed by atoms with van der Waals surface area (Å²) in [6.07, 6.45) is 1.67. The molecule has 0 fully saturated rings. The quantitative estimate of drug-likeness (QED) is 0.367. The van der Waals surface area contributed by atoms with Crippen LogP contribution in [0.3, 0.4) is 0 Å². The van der Waals surface area contributed by atoms with Crippen LogP contribution in [0.25, 0.3) is 21.8 Å². The lowest BCUT2D eigenvalue weighted by atomic mass is 10.1. The third-order valence-corrected chi connectivity index (χ3v) is 5.01. The second kappa shape index (κ2) is 7.06. The number of aromatic nitrogens is 2. The fourth-order valence-corrected chi connectivity index (χ4v) is 3.56. The average molecular weight is 389 g/mol. The molecule has 0 aliphatic heterocycles. The van der Waals surface area contributed by atoms with Crippen molar-refractivity contribution < 1.29 is 9.15 Å². The summed E-state index contributed by atoms with van der Waals surface area (Å²) in [4.78, 5) is 4.75. The molecule has 0 saturated carbocycles.